The zero-order valence-corrected chi connectivity index (χ0v) is 14.3. The molecule has 0 spiro atoms. The molecule has 0 aromatic heterocycles. The smallest absolute Gasteiger partial charge is 0.267 e. The van der Waals surface area contributed by atoms with Crippen molar-refractivity contribution < 1.29 is 4.79 Å². The van der Waals surface area contributed by atoms with E-state index < -0.39 is 5.91 Å². The number of nitrogens with zero attached hydrogens (tertiary/aromatic N) is 2. The van der Waals surface area contributed by atoms with E-state index >= 15 is 0 Å². The van der Waals surface area contributed by atoms with Crippen LogP contribution in [0.25, 0.3) is 0 Å². The number of carbonyl (C=O) groups is 1. The summed E-state index contributed by atoms with van der Waals surface area (Å²) < 4.78 is 0. The molecule has 0 aliphatic heterocycles. The number of amides is 1. The summed E-state index contributed by atoms with van der Waals surface area (Å²) >= 11 is 0. The molecule has 2 bridgehead atoms. The molecule has 4 unspecified atom stereocenters. The van der Waals surface area contributed by atoms with Gasteiger partial charge in [0.1, 0.15) is 17.7 Å². The van der Waals surface area contributed by atoms with Crippen LogP contribution in [0.3, 0.4) is 0 Å². The maximum Gasteiger partial charge on any atom is 0.267 e. The van der Waals surface area contributed by atoms with Gasteiger partial charge in [0, 0.05) is 12.2 Å². The van der Waals surface area contributed by atoms with Gasteiger partial charge < -0.3 is 10.6 Å². The van der Waals surface area contributed by atoms with Gasteiger partial charge >= 0.3 is 0 Å². The number of anilines is 1. The summed E-state index contributed by atoms with van der Waals surface area (Å²) in [5, 5.41) is 24.3. The lowest BCUT2D eigenvalue weighted by Gasteiger charge is -2.28. The van der Waals surface area contributed by atoms with Crippen LogP contribution in [0.1, 0.15) is 38.2 Å². The fourth-order valence-electron chi connectivity index (χ4n) is 4.27. The number of nitrogens with one attached hydrogen (secondary N) is 2. The second-order valence-corrected chi connectivity index (χ2v) is 7.08. The summed E-state index contributed by atoms with van der Waals surface area (Å²) in [6, 6.07) is 11.0. The first-order chi connectivity index (χ1) is 12.1. The van der Waals surface area contributed by atoms with Crippen LogP contribution >= 0.6 is 0 Å². The molecule has 4 atom stereocenters. The van der Waals surface area contributed by atoms with Crippen molar-refractivity contribution in [3.8, 4) is 12.1 Å². The Labute approximate surface area is 148 Å². The van der Waals surface area contributed by atoms with Gasteiger partial charge in [-0.05, 0) is 56.1 Å². The van der Waals surface area contributed by atoms with Gasteiger partial charge in [-0.25, -0.2) is 0 Å². The highest BCUT2D eigenvalue weighted by Crippen LogP contribution is 2.49. The summed E-state index contributed by atoms with van der Waals surface area (Å²) in [6.07, 6.45) is 6.75. The van der Waals surface area contributed by atoms with Crippen molar-refractivity contribution in [3.63, 3.8) is 0 Å². The van der Waals surface area contributed by atoms with E-state index in [1.54, 1.807) is 24.3 Å². The summed E-state index contributed by atoms with van der Waals surface area (Å²) in [4.78, 5) is 12.3. The normalized spacial score (nSPS) is 25.7. The van der Waals surface area contributed by atoms with Gasteiger partial charge in [0.05, 0.1) is 11.3 Å². The van der Waals surface area contributed by atoms with Crippen LogP contribution in [0.2, 0.25) is 0 Å². The van der Waals surface area contributed by atoms with Crippen molar-refractivity contribution in [1.82, 2.24) is 5.32 Å². The highest BCUT2D eigenvalue weighted by molar-refractivity contribution is 6.07. The Balaban J connectivity index is 1.63. The van der Waals surface area contributed by atoms with Gasteiger partial charge in [-0.1, -0.05) is 18.6 Å². The molecule has 25 heavy (non-hydrogen) atoms. The maximum atomic E-state index is 12.3. The first-order valence-electron chi connectivity index (χ1n) is 8.79. The molecule has 1 aromatic carbocycles. The lowest BCUT2D eigenvalue weighted by Crippen LogP contribution is -2.34. The third-order valence-corrected chi connectivity index (χ3v) is 5.59. The summed E-state index contributed by atoms with van der Waals surface area (Å²) in [7, 11) is 0. The van der Waals surface area contributed by atoms with Crippen LogP contribution in [0.4, 0.5) is 5.69 Å². The van der Waals surface area contributed by atoms with E-state index in [1.165, 1.54) is 31.9 Å². The minimum atomic E-state index is -0.502. The number of fused-ring (bicyclic) bond motifs is 2. The standard InChI is InChI=1S/C20H22N4O/c1-13(18-9-14-6-7-15(18)8-14)23-12-17(11-22)20(25)24-19-5-3-2-4-16(19)10-21/h2-5,12-15,18,23H,6-9H2,1H3,(H,24,25)/b17-12-. The summed E-state index contributed by atoms with van der Waals surface area (Å²) in [5.41, 5.74) is 0.802. The maximum absolute atomic E-state index is 12.3. The van der Waals surface area contributed by atoms with Gasteiger partial charge in [0.2, 0.25) is 0 Å². The molecule has 2 N–H and O–H groups in total. The number of rotatable bonds is 5. The molecule has 0 saturated heterocycles. The molecule has 0 radical (unpaired) electrons. The van der Waals surface area contributed by atoms with E-state index in [0.29, 0.717) is 17.2 Å². The summed E-state index contributed by atoms with van der Waals surface area (Å²) in [5.74, 6) is 1.77. The van der Waals surface area contributed by atoms with E-state index in [9.17, 15) is 10.1 Å². The highest BCUT2D eigenvalue weighted by Gasteiger charge is 2.41. The first-order valence-corrected chi connectivity index (χ1v) is 8.79. The van der Waals surface area contributed by atoms with E-state index in [2.05, 4.69) is 17.6 Å². The van der Waals surface area contributed by atoms with Gasteiger partial charge in [-0.2, -0.15) is 10.5 Å². The van der Waals surface area contributed by atoms with Gasteiger partial charge in [-0.3, -0.25) is 4.79 Å². The molecular weight excluding hydrogens is 312 g/mol. The molecular formula is C20H22N4O. The number of carbonyl (C=O) groups excluding carboxylic acids is 1. The third-order valence-electron chi connectivity index (χ3n) is 5.59. The molecule has 1 aromatic rings. The lowest BCUT2D eigenvalue weighted by atomic mass is 9.84. The molecule has 2 fully saturated rings. The van der Waals surface area contributed by atoms with Gasteiger partial charge in [-0.15, -0.1) is 0 Å². The molecule has 5 heteroatoms. The van der Waals surface area contributed by atoms with Crippen molar-refractivity contribution in [1.29, 1.82) is 10.5 Å². The minimum absolute atomic E-state index is 0.0164. The van der Waals surface area contributed by atoms with Crippen LogP contribution < -0.4 is 10.6 Å². The predicted molar refractivity (Wildman–Crippen MR) is 95.0 cm³/mol. The molecule has 1 amide bonds. The Bertz CT molecular complexity index is 771. The van der Waals surface area contributed by atoms with Crippen LogP contribution in [0.15, 0.2) is 36.0 Å². The average Bonchev–Trinajstić information content (AvgIpc) is 3.26. The zero-order valence-electron chi connectivity index (χ0n) is 14.3. The molecule has 3 rings (SSSR count). The fourth-order valence-corrected chi connectivity index (χ4v) is 4.27. The van der Waals surface area contributed by atoms with Crippen molar-refractivity contribution in [2.45, 2.75) is 38.6 Å². The van der Waals surface area contributed by atoms with E-state index in [4.69, 9.17) is 5.26 Å². The third kappa shape index (κ3) is 3.67. The number of hydrogen-bond donors (Lipinski definition) is 2. The second kappa shape index (κ2) is 7.40. The molecule has 128 valence electrons. The number of hydrogen-bond acceptors (Lipinski definition) is 4. The van der Waals surface area contributed by atoms with E-state index in [-0.39, 0.29) is 11.6 Å². The average molecular weight is 334 g/mol. The lowest BCUT2D eigenvalue weighted by molar-refractivity contribution is -0.112. The number of benzene rings is 1. The topological polar surface area (TPSA) is 88.7 Å². The summed E-state index contributed by atoms with van der Waals surface area (Å²) in [6.45, 7) is 2.12. The Morgan fingerprint density at radius 2 is 2.08 bits per heavy atom. The Morgan fingerprint density at radius 1 is 1.28 bits per heavy atom. The zero-order chi connectivity index (χ0) is 17.8. The van der Waals surface area contributed by atoms with Crippen molar-refractivity contribution in [3.05, 3.63) is 41.6 Å². The number of para-hydroxylation sites is 1. The van der Waals surface area contributed by atoms with E-state index in [0.717, 1.165) is 11.8 Å². The van der Waals surface area contributed by atoms with Crippen LogP contribution in [0.5, 0.6) is 0 Å². The molecule has 2 aliphatic rings. The Morgan fingerprint density at radius 3 is 2.72 bits per heavy atom. The first kappa shape index (κ1) is 17.0. The largest absolute Gasteiger partial charge is 0.387 e. The van der Waals surface area contributed by atoms with Crippen LogP contribution in [-0.2, 0) is 4.79 Å². The van der Waals surface area contributed by atoms with Crippen LogP contribution in [-0.4, -0.2) is 11.9 Å². The molecule has 5 nitrogen and oxygen atoms in total. The fraction of sp³-hybridized carbons (Fsp3) is 0.450. The number of nitriles is 2. The quantitative estimate of drug-likeness (QED) is 0.638. The van der Waals surface area contributed by atoms with Crippen molar-refractivity contribution in [2.75, 3.05) is 5.32 Å². The van der Waals surface area contributed by atoms with E-state index in [1.807, 2.05) is 12.1 Å². The second-order valence-electron chi connectivity index (χ2n) is 7.08. The molecule has 0 heterocycles. The van der Waals surface area contributed by atoms with Crippen LogP contribution in [0, 0.1) is 40.4 Å². The van der Waals surface area contributed by atoms with Gasteiger partial charge in [0.15, 0.2) is 0 Å². The Hall–Kier alpha value is -2.79. The highest BCUT2D eigenvalue weighted by atomic mass is 16.1. The predicted octanol–water partition coefficient (Wildman–Crippen LogP) is 3.32. The van der Waals surface area contributed by atoms with Crippen molar-refractivity contribution in [2.24, 2.45) is 17.8 Å². The van der Waals surface area contributed by atoms with Crippen molar-refractivity contribution >= 4 is 11.6 Å². The SMILES string of the molecule is CC(N/C=C(/C#N)C(=O)Nc1ccccc1C#N)C1CC2CCC1C2. The Kier molecular flexibility index (Phi) is 5.05. The monoisotopic (exact) mass is 334 g/mol. The molecule has 2 saturated carbocycles. The molecule has 2 aliphatic carbocycles. The van der Waals surface area contributed by atoms with Gasteiger partial charge in [0.25, 0.3) is 5.91 Å². The minimum Gasteiger partial charge on any atom is -0.387 e.